The van der Waals surface area contributed by atoms with Crippen LogP contribution in [0.5, 0.6) is 0 Å². The van der Waals surface area contributed by atoms with Gasteiger partial charge in [-0.3, -0.25) is 14.5 Å². The van der Waals surface area contributed by atoms with Gasteiger partial charge in [0.05, 0.1) is 19.6 Å². The van der Waals surface area contributed by atoms with E-state index in [9.17, 15) is 4.79 Å². The molecule has 0 spiro atoms. The van der Waals surface area contributed by atoms with Gasteiger partial charge < -0.3 is 5.32 Å². The summed E-state index contributed by atoms with van der Waals surface area (Å²) < 4.78 is 1.83. The van der Waals surface area contributed by atoms with E-state index >= 15 is 0 Å². The second-order valence-corrected chi connectivity index (χ2v) is 3.63. The number of hydrogen-bond donors (Lipinski definition) is 2. The van der Waals surface area contributed by atoms with Crippen molar-refractivity contribution in [3.05, 3.63) is 30.2 Å². The number of carbonyl (C=O) groups excluding carboxylic acids is 1. The number of terminal acetylenes is 1. The Kier molecular flexibility index (Phi) is 3.89. The Morgan fingerprint density at radius 1 is 1.44 bits per heavy atom. The molecule has 0 unspecified atom stereocenters. The first-order chi connectivity index (χ1) is 8.81. The van der Waals surface area contributed by atoms with Gasteiger partial charge in [0.2, 0.25) is 5.91 Å². The standard InChI is InChI=1S/C12H13N5O/c1-2-6-13-9-12(18)14-8-11-16-15-10-5-3-4-7-17(10)11/h1,3-5,7,13H,6,8-9H2,(H,14,18). The third-order valence-electron chi connectivity index (χ3n) is 2.34. The van der Waals surface area contributed by atoms with E-state index in [2.05, 4.69) is 26.8 Å². The van der Waals surface area contributed by atoms with Crippen molar-refractivity contribution in [2.45, 2.75) is 6.54 Å². The van der Waals surface area contributed by atoms with Gasteiger partial charge in [-0.15, -0.1) is 16.6 Å². The third kappa shape index (κ3) is 2.84. The second kappa shape index (κ2) is 5.80. The van der Waals surface area contributed by atoms with Crippen LogP contribution >= 0.6 is 0 Å². The summed E-state index contributed by atoms with van der Waals surface area (Å²) in [6, 6.07) is 5.62. The summed E-state index contributed by atoms with van der Waals surface area (Å²) in [7, 11) is 0. The van der Waals surface area contributed by atoms with E-state index < -0.39 is 0 Å². The maximum Gasteiger partial charge on any atom is 0.234 e. The van der Waals surface area contributed by atoms with Crippen LogP contribution in [0, 0.1) is 12.3 Å². The zero-order valence-corrected chi connectivity index (χ0v) is 9.76. The Morgan fingerprint density at radius 2 is 2.33 bits per heavy atom. The Balaban J connectivity index is 1.90. The number of amides is 1. The number of pyridine rings is 1. The Hall–Kier alpha value is -2.39. The first kappa shape index (κ1) is 12.1. The van der Waals surface area contributed by atoms with E-state index in [0.717, 1.165) is 5.65 Å². The summed E-state index contributed by atoms with van der Waals surface area (Å²) in [6.45, 7) is 0.907. The van der Waals surface area contributed by atoms with Crippen LogP contribution in [-0.4, -0.2) is 33.6 Å². The van der Waals surface area contributed by atoms with Crippen molar-refractivity contribution in [1.29, 1.82) is 0 Å². The van der Waals surface area contributed by atoms with E-state index in [-0.39, 0.29) is 12.5 Å². The first-order valence-electron chi connectivity index (χ1n) is 5.51. The average Bonchev–Trinajstić information content (AvgIpc) is 2.80. The highest BCUT2D eigenvalue weighted by molar-refractivity contribution is 5.77. The Bertz CT molecular complexity index is 583. The Labute approximate surface area is 104 Å². The summed E-state index contributed by atoms with van der Waals surface area (Å²) in [4.78, 5) is 11.4. The quantitative estimate of drug-likeness (QED) is 0.552. The fraction of sp³-hybridized carbons (Fsp3) is 0.250. The van der Waals surface area contributed by atoms with Gasteiger partial charge in [-0.25, -0.2) is 0 Å². The molecule has 0 atom stereocenters. The van der Waals surface area contributed by atoms with Gasteiger partial charge in [-0.1, -0.05) is 12.0 Å². The van der Waals surface area contributed by atoms with Gasteiger partial charge in [-0.2, -0.15) is 0 Å². The molecule has 2 heterocycles. The molecule has 0 fully saturated rings. The topological polar surface area (TPSA) is 71.3 Å². The monoisotopic (exact) mass is 243 g/mol. The van der Waals surface area contributed by atoms with Crippen molar-refractivity contribution in [2.24, 2.45) is 0 Å². The molecule has 0 aromatic carbocycles. The summed E-state index contributed by atoms with van der Waals surface area (Å²) in [6.07, 6.45) is 6.92. The van der Waals surface area contributed by atoms with E-state index in [1.165, 1.54) is 0 Å². The van der Waals surface area contributed by atoms with E-state index in [0.29, 0.717) is 18.9 Å². The lowest BCUT2D eigenvalue weighted by Gasteiger charge is -2.04. The minimum atomic E-state index is -0.127. The summed E-state index contributed by atoms with van der Waals surface area (Å²) >= 11 is 0. The van der Waals surface area contributed by atoms with Gasteiger partial charge in [-0.05, 0) is 12.1 Å². The normalized spacial score (nSPS) is 10.2. The smallest absolute Gasteiger partial charge is 0.234 e. The Morgan fingerprint density at radius 3 is 3.17 bits per heavy atom. The van der Waals surface area contributed by atoms with Crippen LogP contribution in [0.4, 0.5) is 0 Å². The number of rotatable bonds is 5. The molecule has 0 aliphatic heterocycles. The van der Waals surface area contributed by atoms with E-state index in [1.807, 2.05) is 28.8 Å². The predicted molar refractivity (Wildman–Crippen MR) is 66.5 cm³/mol. The first-order valence-corrected chi connectivity index (χ1v) is 5.51. The molecule has 2 aromatic heterocycles. The summed E-state index contributed by atoms with van der Waals surface area (Å²) in [5.74, 6) is 2.96. The van der Waals surface area contributed by atoms with Crippen molar-refractivity contribution in [3.8, 4) is 12.3 Å². The van der Waals surface area contributed by atoms with Gasteiger partial charge in [0.15, 0.2) is 11.5 Å². The molecule has 6 nitrogen and oxygen atoms in total. The molecular weight excluding hydrogens is 230 g/mol. The molecule has 0 aliphatic carbocycles. The van der Waals surface area contributed by atoms with Crippen LogP contribution in [0.1, 0.15) is 5.82 Å². The molecule has 0 bridgehead atoms. The molecule has 2 rings (SSSR count). The van der Waals surface area contributed by atoms with Crippen molar-refractivity contribution in [1.82, 2.24) is 25.2 Å². The number of carbonyl (C=O) groups is 1. The summed E-state index contributed by atoms with van der Waals surface area (Å²) in [5.41, 5.74) is 0.757. The molecule has 0 aliphatic rings. The van der Waals surface area contributed by atoms with Crippen molar-refractivity contribution in [3.63, 3.8) is 0 Å². The molecule has 18 heavy (non-hydrogen) atoms. The van der Waals surface area contributed by atoms with Crippen molar-refractivity contribution < 1.29 is 4.79 Å². The lowest BCUT2D eigenvalue weighted by atomic mass is 10.4. The van der Waals surface area contributed by atoms with Crippen molar-refractivity contribution >= 4 is 11.6 Å². The van der Waals surface area contributed by atoms with E-state index in [4.69, 9.17) is 6.42 Å². The predicted octanol–water partition coefficient (Wildman–Crippen LogP) is -0.432. The fourth-order valence-corrected chi connectivity index (χ4v) is 1.50. The maximum absolute atomic E-state index is 11.4. The number of nitrogens with one attached hydrogen (secondary N) is 2. The molecular formula is C12H13N5O. The fourth-order valence-electron chi connectivity index (χ4n) is 1.50. The zero-order chi connectivity index (χ0) is 12.8. The van der Waals surface area contributed by atoms with Gasteiger partial charge in [0.1, 0.15) is 0 Å². The van der Waals surface area contributed by atoms with Crippen molar-refractivity contribution in [2.75, 3.05) is 13.1 Å². The van der Waals surface area contributed by atoms with Crippen LogP contribution in [0.15, 0.2) is 24.4 Å². The molecule has 0 radical (unpaired) electrons. The zero-order valence-electron chi connectivity index (χ0n) is 9.76. The number of hydrogen-bond acceptors (Lipinski definition) is 4. The molecule has 2 N–H and O–H groups in total. The molecule has 2 aromatic rings. The van der Waals surface area contributed by atoms with Crippen LogP contribution in [0.25, 0.3) is 5.65 Å². The highest BCUT2D eigenvalue weighted by Gasteiger charge is 2.06. The minimum Gasteiger partial charge on any atom is -0.348 e. The SMILES string of the molecule is C#CCNCC(=O)NCc1nnc2ccccn12. The molecule has 92 valence electrons. The van der Waals surface area contributed by atoms with Gasteiger partial charge in [0.25, 0.3) is 0 Å². The van der Waals surface area contributed by atoms with Gasteiger partial charge >= 0.3 is 0 Å². The third-order valence-corrected chi connectivity index (χ3v) is 2.34. The van der Waals surface area contributed by atoms with Crippen LogP contribution < -0.4 is 10.6 Å². The highest BCUT2D eigenvalue weighted by atomic mass is 16.1. The largest absolute Gasteiger partial charge is 0.348 e. The van der Waals surface area contributed by atoms with Crippen LogP contribution in [-0.2, 0) is 11.3 Å². The molecule has 1 amide bonds. The highest BCUT2D eigenvalue weighted by Crippen LogP contribution is 2.01. The lowest BCUT2D eigenvalue weighted by molar-refractivity contribution is -0.120. The lowest BCUT2D eigenvalue weighted by Crippen LogP contribution is -2.34. The molecule has 6 heteroatoms. The second-order valence-electron chi connectivity index (χ2n) is 3.63. The number of aromatic nitrogens is 3. The maximum atomic E-state index is 11.4. The number of nitrogens with zero attached hydrogens (tertiary/aromatic N) is 3. The van der Waals surface area contributed by atoms with Gasteiger partial charge in [0, 0.05) is 6.20 Å². The van der Waals surface area contributed by atoms with E-state index in [1.54, 1.807) is 0 Å². The average molecular weight is 243 g/mol. The van der Waals surface area contributed by atoms with Crippen LogP contribution in [0.2, 0.25) is 0 Å². The van der Waals surface area contributed by atoms with Crippen LogP contribution in [0.3, 0.4) is 0 Å². The number of fused-ring (bicyclic) bond motifs is 1. The molecule has 0 saturated heterocycles. The molecule has 0 saturated carbocycles. The minimum absolute atomic E-state index is 0.127. The summed E-state index contributed by atoms with van der Waals surface area (Å²) in [5, 5.41) is 13.6.